The van der Waals surface area contributed by atoms with Crippen molar-refractivity contribution in [1.82, 2.24) is 4.57 Å². The van der Waals surface area contributed by atoms with Crippen molar-refractivity contribution >= 4 is 29.6 Å². The molecule has 0 saturated carbocycles. The molecular formula is C30H29N3O11. The van der Waals surface area contributed by atoms with Crippen molar-refractivity contribution < 1.29 is 47.3 Å². The zero-order chi connectivity index (χ0) is 32.1. The van der Waals surface area contributed by atoms with Crippen molar-refractivity contribution in [2.45, 2.75) is 58.3 Å². The molecule has 0 amide bonds. The van der Waals surface area contributed by atoms with Gasteiger partial charge in [-0.15, -0.1) is 0 Å². The van der Waals surface area contributed by atoms with Crippen LogP contribution in [-0.2, 0) is 42.9 Å². The molecule has 1 aliphatic heterocycles. The number of hydrogen-bond acceptors (Lipinski definition) is 13. The molecule has 2 N–H and O–H groups in total. The molecule has 14 heteroatoms. The minimum Gasteiger partial charge on any atom is -0.464 e. The third-order valence-electron chi connectivity index (χ3n) is 6.57. The number of pyridine rings is 1. The Bertz CT molecular complexity index is 1650. The van der Waals surface area contributed by atoms with Gasteiger partial charge in [0, 0.05) is 38.9 Å². The summed E-state index contributed by atoms with van der Waals surface area (Å²) in [5.41, 5.74) is 5.87. The number of hydrogen-bond donors (Lipinski definition) is 1. The third-order valence-corrected chi connectivity index (χ3v) is 6.57. The normalized spacial score (nSPS) is 21.0. The monoisotopic (exact) mass is 607 g/mol. The number of carbonyl (C=O) groups is 4. The highest BCUT2D eigenvalue weighted by Crippen LogP contribution is 2.38. The van der Waals surface area contributed by atoms with Gasteiger partial charge in [-0.2, -0.15) is 5.26 Å². The molecule has 44 heavy (non-hydrogen) atoms. The summed E-state index contributed by atoms with van der Waals surface area (Å²) in [5, 5.41) is 10.1. The van der Waals surface area contributed by atoms with Crippen LogP contribution in [0.3, 0.4) is 0 Å². The van der Waals surface area contributed by atoms with Crippen molar-refractivity contribution in [3.63, 3.8) is 0 Å². The van der Waals surface area contributed by atoms with E-state index in [1.165, 1.54) is 12.3 Å². The highest BCUT2D eigenvalue weighted by Gasteiger charge is 2.53. The zero-order valence-corrected chi connectivity index (χ0v) is 24.2. The lowest BCUT2D eigenvalue weighted by Crippen LogP contribution is -2.61. The minimum atomic E-state index is -1.60. The first kappa shape index (κ1) is 31.5. The number of benzene rings is 1. The number of carbonyl (C=O) groups excluding carboxylic acids is 4. The molecule has 1 fully saturated rings. The van der Waals surface area contributed by atoms with E-state index in [4.69, 9.17) is 33.8 Å². The molecule has 2 aromatic heterocycles. The van der Waals surface area contributed by atoms with Gasteiger partial charge >= 0.3 is 23.9 Å². The lowest BCUT2D eigenvalue weighted by molar-refractivity contribution is -0.268. The number of furan rings is 1. The average molecular weight is 608 g/mol. The van der Waals surface area contributed by atoms with Gasteiger partial charge < -0.3 is 33.8 Å². The van der Waals surface area contributed by atoms with E-state index in [9.17, 15) is 29.2 Å². The van der Waals surface area contributed by atoms with Gasteiger partial charge in [-0.05, 0) is 35.9 Å². The molecule has 14 nitrogen and oxygen atoms in total. The van der Waals surface area contributed by atoms with Crippen LogP contribution < -0.4 is 11.3 Å². The second-order valence-electron chi connectivity index (χ2n) is 9.79. The maximum atomic E-state index is 14.2. The van der Waals surface area contributed by atoms with Gasteiger partial charge in [0.2, 0.25) is 0 Å². The van der Waals surface area contributed by atoms with Gasteiger partial charge in [-0.1, -0.05) is 12.1 Å². The molecule has 3 heterocycles. The van der Waals surface area contributed by atoms with Gasteiger partial charge in [0.05, 0.1) is 12.0 Å². The number of nitrogen functional groups attached to an aromatic ring is 1. The number of nitrogens with zero attached hydrogens (tertiary/aromatic N) is 2. The van der Waals surface area contributed by atoms with Gasteiger partial charge in [-0.25, -0.2) is 0 Å². The third kappa shape index (κ3) is 6.79. The Kier molecular flexibility index (Phi) is 9.50. The fourth-order valence-electron chi connectivity index (χ4n) is 4.90. The fourth-order valence-corrected chi connectivity index (χ4v) is 4.90. The lowest BCUT2D eigenvalue weighted by Gasteiger charge is -2.45. The van der Waals surface area contributed by atoms with Crippen LogP contribution in [0.15, 0.2) is 57.9 Å². The molecule has 230 valence electrons. The number of aromatic nitrogens is 1. The molecule has 0 radical (unpaired) electrons. The van der Waals surface area contributed by atoms with Gasteiger partial charge in [0.25, 0.3) is 5.56 Å². The standard InChI is InChI=1S/C30H29N3O11/c1-15(34)40-14-25-26(41-16(2)35)27(42-17(3)36)28(43-18(4)37)30(44-25)33-23(19-7-9-20(32)10-8-19)12-21(22(13-31)29(33)38)24-6-5-11-39-24/h5-12,25-28,30H,14,32H2,1-4H3. The molecule has 3 aromatic rings. The average Bonchev–Trinajstić information content (AvgIpc) is 3.49. The minimum absolute atomic E-state index is 0.163. The molecule has 0 bridgehead atoms. The summed E-state index contributed by atoms with van der Waals surface area (Å²) in [6.45, 7) is 3.90. The first-order valence-corrected chi connectivity index (χ1v) is 13.3. The smallest absolute Gasteiger partial charge is 0.303 e. The maximum absolute atomic E-state index is 14.2. The Morgan fingerprint density at radius 1 is 0.909 bits per heavy atom. The summed E-state index contributed by atoms with van der Waals surface area (Å²) in [4.78, 5) is 62.8. The SMILES string of the molecule is CC(=O)OCC1OC(n2c(-c3ccc(N)cc3)cc(-c3ccco3)c(C#N)c2=O)C(OC(C)=O)C(OC(C)=O)C1OC(C)=O. The highest BCUT2D eigenvalue weighted by molar-refractivity contribution is 5.74. The summed E-state index contributed by atoms with van der Waals surface area (Å²) in [5.74, 6) is -2.97. The van der Waals surface area contributed by atoms with Crippen LogP contribution in [0.4, 0.5) is 5.69 Å². The highest BCUT2D eigenvalue weighted by atomic mass is 16.7. The van der Waals surface area contributed by atoms with E-state index in [1.54, 1.807) is 36.4 Å². The number of anilines is 1. The van der Waals surface area contributed by atoms with Crippen LogP contribution in [0.1, 0.15) is 39.5 Å². The summed E-state index contributed by atoms with van der Waals surface area (Å²) in [6, 6.07) is 13.0. The van der Waals surface area contributed by atoms with Crippen LogP contribution in [0.5, 0.6) is 0 Å². The second-order valence-corrected chi connectivity index (χ2v) is 9.79. The van der Waals surface area contributed by atoms with Crippen LogP contribution >= 0.6 is 0 Å². The Morgan fingerprint density at radius 2 is 1.52 bits per heavy atom. The van der Waals surface area contributed by atoms with E-state index >= 15 is 0 Å². The predicted octanol–water partition coefficient (Wildman–Crippen LogP) is 2.48. The van der Waals surface area contributed by atoms with E-state index in [2.05, 4.69) is 0 Å². The summed E-state index contributed by atoms with van der Waals surface area (Å²) < 4.78 is 34.5. The van der Waals surface area contributed by atoms with Gasteiger partial charge in [-0.3, -0.25) is 28.5 Å². The topological polar surface area (TPSA) is 199 Å². The number of ether oxygens (including phenoxy) is 5. The van der Waals surface area contributed by atoms with Crippen molar-refractivity contribution in [3.05, 3.63) is 64.6 Å². The number of rotatable bonds is 8. The molecule has 0 spiro atoms. The Balaban J connectivity index is 2.04. The summed E-state index contributed by atoms with van der Waals surface area (Å²) in [6.07, 6.45) is -6.13. The van der Waals surface area contributed by atoms with Gasteiger partial charge in [0.15, 0.2) is 24.5 Å². The summed E-state index contributed by atoms with van der Waals surface area (Å²) >= 11 is 0. The van der Waals surface area contributed by atoms with E-state index in [0.717, 1.165) is 32.3 Å². The first-order valence-electron chi connectivity index (χ1n) is 13.3. The quantitative estimate of drug-likeness (QED) is 0.223. The van der Waals surface area contributed by atoms with Gasteiger partial charge in [0.1, 0.15) is 30.1 Å². The van der Waals surface area contributed by atoms with Crippen LogP contribution in [0.2, 0.25) is 0 Å². The summed E-state index contributed by atoms with van der Waals surface area (Å²) in [7, 11) is 0. The number of esters is 4. The van der Waals surface area contributed by atoms with Crippen molar-refractivity contribution in [1.29, 1.82) is 5.26 Å². The van der Waals surface area contributed by atoms with E-state index in [-0.39, 0.29) is 22.6 Å². The molecule has 5 atom stereocenters. The Labute approximate surface area is 250 Å². The molecule has 1 aromatic carbocycles. The fraction of sp³-hybridized carbons (Fsp3) is 0.333. The predicted molar refractivity (Wildman–Crippen MR) is 150 cm³/mol. The van der Waals surface area contributed by atoms with Crippen molar-refractivity contribution in [2.24, 2.45) is 0 Å². The van der Waals surface area contributed by atoms with E-state index < -0.39 is 66.7 Å². The maximum Gasteiger partial charge on any atom is 0.303 e. The lowest BCUT2D eigenvalue weighted by atomic mass is 9.95. The largest absolute Gasteiger partial charge is 0.464 e. The van der Waals surface area contributed by atoms with Crippen LogP contribution in [0.25, 0.3) is 22.6 Å². The van der Waals surface area contributed by atoms with Crippen LogP contribution in [0, 0.1) is 11.3 Å². The van der Waals surface area contributed by atoms with Crippen molar-refractivity contribution in [2.75, 3.05) is 12.3 Å². The second kappa shape index (κ2) is 13.3. The van der Waals surface area contributed by atoms with E-state index in [1.807, 2.05) is 6.07 Å². The first-order chi connectivity index (χ1) is 20.9. The molecule has 1 saturated heterocycles. The molecular weight excluding hydrogens is 578 g/mol. The van der Waals surface area contributed by atoms with Crippen LogP contribution in [-0.4, -0.2) is 59.5 Å². The van der Waals surface area contributed by atoms with Crippen molar-refractivity contribution in [3.8, 4) is 28.7 Å². The zero-order valence-electron chi connectivity index (χ0n) is 24.2. The Morgan fingerprint density at radius 3 is 2.07 bits per heavy atom. The number of nitriles is 1. The molecule has 1 aliphatic rings. The number of nitrogens with two attached hydrogens (primary N) is 1. The Hall–Kier alpha value is -5.42. The molecule has 4 rings (SSSR count). The molecule has 5 unspecified atom stereocenters. The molecule has 0 aliphatic carbocycles. The van der Waals surface area contributed by atoms with E-state index in [0.29, 0.717) is 11.3 Å².